The van der Waals surface area contributed by atoms with Gasteiger partial charge in [-0.25, -0.2) is 4.98 Å². The van der Waals surface area contributed by atoms with E-state index in [1.54, 1.807) is 17.8 Å². The highest BCUT2D eigenvalue weighted by Gasteiger charge is 2.13. The van der Waals surface area contributed by atoms with Crippen LogP contribution in [0.1, 0.15) is 16.2 Å². The first-order chi connectivity index (χ1) is 9.24. The van der Waals surface area contributed by atoms with Gasteiger partial charge in [0, 0.05) is 23.0 Å². The zero-order valence-electron chi connectivity index (χ0n) is 10.3. The molecule has 1 aromatic carbocycles. The Morgan fingerprint density at radius 1 is 1.37 bits per heavy atom. The molecule has 19 heavy (non-hydrogen) atoms. The van der Waals surface area contributed by atoms with E-state index >= 15 is 0 Å². The van der Waals surface area contributed by atoms with Gasteiger partial charge in [-0.05, 0) is 24.5 Å². The van der Waals surface area contributed by atoms with Gasteiger partial charge in [0.15, 0.2) is 5.69 Å². The Labute approximate surface area is 115 Å². The van der Waals surface area contributed by atoms with Gasteiger partial charge in [0.25, 0.3) is 5.91 Å². The molecule has 0 radical (unpaired) electrons. The average molecular weight is 275 g/mol. The van der Waals surface area contributed by atoms with Crippen molar-refractivity contribution in [2.75, 3.05) is 11.6 Å². The van der Waals surface area contributed by atoms with Gasteiger partial charge >= 0.3 is 0 Å². The lowest BCUT2D eigenvalue weighted by Crippen LogP contribution is -2.17. The van der Waals surface area contributed by atoms with E-state index in [0.29, 0.717) is 5.69 Å². The molecule has 2 aromatic rings. The predicted molar refractivity (Wildman–Crippen MR) is 74.1 cm³/mol. The molecule has 6 heteroatoms. The molecule has 0 unspecified atom stereocenters. The Balaban J connectivity index is 2.20. The molecule has 2 rings (SSSR count). The molecular formula is C13H13N3O2S. The summed E-state index contributed by atoms with van der Waals surface area (Å²) < 4.78 is 0. The molecular weight excluding hydrogens is 262 g/mol. The summed E-state index contributed by atoms with van der Waals surface area (Å²) in [6.45, 7) is -0.318. The third-order valence-corrected chi connectivity index (χ3v) is 3.19. The molecule has 0 bridgehead atoms. The number of carbonyl (C=O) groups excluding carboxylic acids is 1. The molecule has 0 aliphatic rings. The standard InChI is InChI=1S/C13H13N3O2S/c1-19-10-4-2-3-9(7-10)16-13(18)12-11(8-17)14-5-6-15-12/h2-7,17H,8H2,1H3,(H,16,18). The molecule has 0 aliphatic heterocycles. The zero-order valence-corrected chi connectivity index (χ0v) is 11.1. The zero-order chi connectivity index (χ0) is 13.7. The fourth-order valence-electron chi connectivity index (χ4n) is 1.56. The highest BCUT2D eigenvalue weighted by Crippen LogP contribution is 2.19. The number of benzene rings is 1. The SMILES string of the molecule is CSc1cccc(NC(=O)c2nccnc2CO)c1. The number of amides is 1. The third kappa shape index (κ3) is 3.30. The van der Waals surface area contributed by atoms with Gasteiger partial charge in [-0.1, -0.05) is 6.07 Å². The molecule has 0 spiro atoms. The fraction of sp³-hybridized carbons (Fsp3) is 0.154. The highest BCUT2D eigenvalue weighted by atomic mass is 32.2. The number of aromatic nitrogens is 2. The van der Waals surface area contributed by atoms with Gasteiger partial charge in [0.05, 0.1) is 12.3 Å². The lowest BCUT2D eigenvalue weighted by Gasteiger charge is -2.07. The van der Waals surface area contributed by atoms with Crippen LogP contribution in [0.4, 0.5) is 5.69 Å². The fourth-order valence-corrected chi connectivity index (χ4v) is 2.02. The minimum absolute atomic E-state index is 0.138. The molecule has 1 heterocycles. The van der Waals surface area contributed by atoms with E-state index in [4.69, 9.17) is 5.11 Å². The number of nitrogens with zero attached hydrogens (tertiary/aromatic N) is 2. The molecule has 98 valence electrons. The van der Waals surface area contributed by atoms with Crippen LogP contribution >= 0.6 is 11.8 Å². The first-order valence-corrected chi connectivity index (χ1v) is 6.83. The van der Waals surface area contributed by atoms with E-state index in [9.17, 15) is 4.79 Å². The number of hydrogen-bond donors (Lipinski definition) is 2. The van der Waals surface area contributed by atoms with Crippen LogP contribution in [-0.2, 0) is 6.61 Å². The molecule has 0 aliphatic carbocycles. The van der Waals surface area contributed by atoms with Crippen molar-refractivity contribution in [3.63, 3.8) is 0 Å². The Morgan fingerprint density at radius 2 is 2.16 bits per heavy atom. The highest BCUT2D eigenvalue weighted by molar-refractivity contribution is 7.98. The van der Waals surface area contributed by atoms with Crippen molar-refractivity contribution in [1.29, 1.82) is 0 Å². The summed E-state index contributed by atoms with van der Waals surface area (Å²) in [6, 6.07) is 7.50. The number of anilines is 1. The number of hydrogen-bond acceptors (Lipinski definition) is 5. The van der Waals surface area contributed by atoms with E-state index in [-0.39, 0.29) is 23.9 Å². The Morgan fingerprint density at radius 3 is 2.89 bits per heavy atom. The maximum atomic E-state index is 12.1. The van der Waals surface area contributed by atoms with Crippen LogP contribution in [0, 0.1) is 0 Å². The van der Waals surface area contributed by atoms with Crippen molar-refractivity contribution >= 4 is 23.4 Å². The van der Waals surface area contributed by atoms with E-state index in [0.717, 1.165) is 4.90 Å². The van der Waals surface area contributed by atoms with Gasteiger partial charge in [-0.2, -0.15) is 0 Å². The minimum atomic E-state index is -0.379. The number of rotatable bonds is 4. The smallest absolute Gasteiger partial charge is 0.276 e. The van der Waals surface area contributed by atoms with Crippen molar-refractivity contribution in [3.8, 4) is 0 Å². The van der Waals surface area contributed by atoms with Crippen molar-refractivity contribution in [1.82, 2.24) is 9.97 Å². The van der Waals surface area contributed by atoms with Gasteiger partial charge in [-0.15, -0.1) is 11.8 Å². The summed E-state index contributed by atoms with van der Waals surface area (Å²) in [6.07, 6.45) is 4.83. The van der Waals surface area contributed by atoms with Crippen LogP contribution in [-0.4, -0.2) is 27.2 Å². The van der Waals surface area contributed by atoms with E-state index in [1.807, 2.05) is 24.5 Å². The van der Waals surface area contributed by atoms with Crippen LogP contribution in [0.3, 0.4) is 0 Å². The molecule has 0 saturated carbocycles. The number of aliphatic hydroxyl groups is 1. The van der Waals surface area contributed by atoms with Gasteiger partial charge in [-0.3, -0.25) is 9.78 Å². The number of thioether (sulfide) groups is 1. The quantitative estimate of drug-likeness (QED) is 0.834. The van der Waals surface area contributed by atoms with Crippen molar-refractivity contribution in [3.05, 3.63) is 48.0 Å². The molecule has 1 aromatic heterocycles. The monoisotopic (exact) mass is 275 g/mol. The second-order valence-corrected chi connectivity index (χ2v) is 4.58. The van der Waals surface area contributed by atoms with Crippen LogP contribution in [0.15, 0.2) is 41.6 Å². The second-order valence-electron chi connectivity index (χ2n) is 3.70. The lowest BCUT2D eigenvalue weighted by molar-refractivity contribution is 0.101. The molecule has 0 fully saturated rings. The van der Waals surface area contributed by atoms with Crippen LogP contribution in [0.25, 0.3) is 0 Å². The largest absolute Gasteiger partial charge is 0.390 e. The second kappa shape index (κ2) is 6.31. The van der Waals surface area contributed by atoms with Gasteiger partial charge < -0.3 is 10.4 Å². The first kappa shape index (κ1) is 13.5. The Hall–Kier alpha value is -1.92. The summed E-state index contributed by atoms with van der Waals surface area (Å²) in [4.78, 5) is 21.0. The maximum Gasteiger partial charge on any atom is 0.276 e. The van der Waals surface area contributed by atoms with E-state index in [1.165, 1.54) is 12.4 Å². The number of carbonyl (C=O) groups is 1. The average Bonchev–Trinajstić information content (AvgIpc) is 2.47. The van der Waals surface area contributed by atoms with Crippen LogP contribution in [0.5, 0.6) is 0 Å². The van der Waals surface area contributed by atoms with Crippen molar-refractivity contribution < 1.29 is 9.90 Å². The summed E-state index contributed by atoms with van der Waals surface area (Å²) in [7, 11) is 0. The van der Waals surface area contributed by atoms with Crippen LogP contribution in [0.2, 0.25) is 0 Å². The summed E-state index contributed by atoms with van der Waals surface area (Å²) in [5.74, 6) is -0.379. The summed E-state index contributed by atoms with van der Waals surface area (Å²) in [5.41, 5.74) is 1.09. The maximum absolute atomic E-state index is 12.1. The molecule has 0 saturated heterocycles. The van der Waals surface area contributed by atoms with Gasteiger partial charge in [0.1, 0.15) is 0 Å². The van der Waals surface area contributed by atoms with E-state index < -0.39 is 0 Å². The first-order valence-electron chi connectivity index (χ1n) is 5.60. The van der Waals surface area contributed by atoms with E-state index in [2.05, 4.69) is 15.3 Å². The normalized spacial score (nSPS) is 10.2. The predicted octanol–water partition coefficient (Wildman–Crippen LogP) is 1.94. The van der Waals surface area contributed by atoms with Crippen molar-refractivity contribution in [2.45, 2.75) is 11.5 Å². The minimum Gasteiger partial charge on any atom is -0.390 e. The molecule has 0 atom stereocenters. The Bertz CT molecular complexity index is 590. The number of aliphatic hydroxyl groups excluding tert-OH is 1. The summed E-state index contributed by atoms with van der Waals surface area (Å²) in [5, 5.41) is 11.9. The molecule has 5 nitrogen and oxygen atoms in total. The lowest BCUT2D eigenvalue weighted by atomic mass is 10.2. The number of nitrogens with one attached hydrogen (secondary N) is 1. The molecule has 2 N–H and O–H groups in total. The van der Waals surface area contributed by atoms with Crippen molar-refractivity contribution in [2.24, 2.45) is 0 Å². The Kier molecular flexibility index (Phi) is 4.48. The third-order valence-electron chi connectivity index (χ3n) is 2.47. The topological polar surface area (TPSA) is 75.1 Å². The van der Waals surface area contributed by atoms with Crippen LogP contribution < -0.4 is 5.32 Å². The van der Waals surface area contributed by atoms with Gasteiger partial charge in [0.2, 0.25) is 0 Å². The summed E-state index contributed by atoms with van der Waals surface area (Å²) >= 11 is 1.59. The molecule has 1 amide bonds.